The molecule has 0 aliphatic heterocycles. The Balaban J connectivity index is 1.98. The van der Waals surface area contributed by atoms with Crippen molar-refractivity contribution >= 4 is 17.3 Å². The van der Waals surface area contributed by atoms with E-state index in [1.165, 1.54) is 20.0 Å². The summed E-state index contributed by atoms with van der Waals surface area (Å²) in [5.74, 6) is -0.291. The van der Waals surface area contributed by atoms with Crippen LogP contribution in [0.2, 0.25) is 0 Å². The lowest BCUT2D eigenvalue weighted by atomic mass is 10.1. The van der Waals surface area contributed by atoms with Crippen molar-refractivity contribution in [2.45, 2.75) is 24.8 Å². The molecule has 82 valence electrons. The van der Waals surface area contributed by atoms with E-state index in [4.69, 9.17) is 4.74 Å². The van der Waals surface area contributed by atoms with Crippen LogP contribution in [0.15, 0.2) is 17.5 Å². The zero-order valence-electron chi connectivity index (χ0n) is 8.73. The van der Waals surface area contributed by atoms with Crippen molar-refractivity contribution in [2.75, 3.05) is 13.7 Å². The lowest BCUT2D eigenvalue weighted by Gasteiger charge is -2.13. The van der Waals surface area contributed by atoms with Gasteiger partial charge in [0.2, 0.25) is 0 Å². The summed E-state index contributed by atoms with van der Waals surface area (Å²) in [5, 5.41) is 5.35. The van der Waals surface area contributed by atoms with E-state index < -0.39 is 0 Å². The largest absolute Gasteiger partial charge is 0.468 e. The average molecular weight is 225 g/mol. The summed E-state index contributed by atoms with van der Waals surface area (Å²) in [4.78, 5) is 12.7. The van der Waals surface area contributed by atoms with Crippen LogP contribution in [0.25, 0.3) is 0 Å². The number of hydrogen-bond acceptors (Lipinski definition) is 4. The van der Waals surface area contributed by atoms with E-state index in [0.29, 0.717) is 12.6 Å². The summed E-state index contributed by atoms with van der Waals surface area (Å²) in [7, 11) is 1.44. The Hall–Kier alpha value is -0.870. The second-order valence-electron chi connectivity index (χ2n) is 3.77. The molecule has 1 N–H and O–H groups in total. The third-order valence-electron chi connectivity index (χ3n) is 2.56. The van der Waals surface area contributed by atoms with Gasteiger partial charge in [0.25, 0.3) is 0 Å². The van der Waals surface area contributed by atoms with Crippen molar-refractivity contribution < 1.29 is 9.53 Å². The molecule has 2 rings (SSSR count). The van der Waals surface area contributed by atoms with Gasteiger partial charge in [0.05, 0.1) is 7.11 Å². The van der Waals surface area contributed by atoms with Gasteiger partial charge < -0.3 is 10.1 Å². The molecule has 0 amide bonds. The maximum atomic E-state index is 11.6. The number of thiophene rings is 1. The topological polar surface area (TPSA) is 38.3 Å². The minimum Gasteiger partial charge on any atom is -0.468 e. The van der Waals surface area contributed by atoms with Gasteiger partial charge in [0, 0.05) is 17.5 Å². The number of rotatable bonds is 5. The summed E-state index contributed by atoms with van der Waals surface area (Å²) < 4.78 is 4.82. The fourth-order valence-corrected chi connectivity index (χ4v) is 2.32. The van der Waals surface area contributed by atoms with Crippen LogP contribution in [-0.4, -0.2) is 25.7 Å². The molecule has 0 spiro atoms. The maximum absolute atomic E-state index is 11.6. The third-order valence-corrected chi connectivity index (χ3v) is 3.55. The molecule has 1 aliphatic carbocycles. The van der Waals surface area contributed by atoms with Crippen LogP contribution in [-0.2, 0) is 9.53 Å². The molecule has 1 aromatic rings. The van der Waals surface area contributed by atoms with E-state index in [2.05, 4.69) is 5.32 Å². The van der Waals surface area contributed by atoms with E-state index in [-0.39, 0.29) is 11.9 Å². The Morgan fingerprint density at radius 1 is 1.73 bits per heavy atom. The summed E-state index contributed by atoms with van der Waals surface area (Å²) in [6.07, 6.45) is 2.47. The van der Waals surface area contributed by atoms with Gasteiger partial charge in [0.1, 0.15) is 5.92 Å². The van der Waals surface area contributed by atoms with Crippen LogP contribution in [0.5, 0.6) is 0 Å². The molecule has 0 saturated heterocycles. The molecule has 1 aromatic heterocycles. The monoisotopic (exact) mass is 225 g/mol. The minimum atomic E-state index is -0.148. The first-order chi connectivity index (χ1) is 7.31. The second kappa shape index (κ2) is 4.77. The van der Waals surface area contributed by atoms with Gasteiger partial charge in [0.15, 0.2) is 0 Å². The van der Waals surface area contributed by atoms with E-state index >= 15 is 0 Å². The Bertz CT molecular complexity index is 319. The van der Waals surface area contributed by atoms with Crippen LogP contribution in [0, 0.1) is 0 Å². The molecule has 15 heavy (non-hydrogen) atoms. The van der Waals surface area contributed by atoms with Crippen molar-refractivity contribution in [2.24, 2.45) is 0 Å². The standard InChI is InChI=1S/C11H15NO2S/c1-14-11(13)9(7-12-8-4-5-8)10-3-2-6-15-10/h2-3,6,8-9,12H,4-5,7H2,1H3. The Labute approximate surface area is 93.4 Å². The van der Waals surface area contributed by atoms with Crippen molar-refractivity contribution in [1.29, 1.82) is 0 Å². The summed E-state index contributed by atoms with van der Waals surface area (Å²) in [6.45, 7) is 0.692. The van der Waals surface area contributed by atoms with Gasteiger partial charge >= 0.3 is 5.97 Å². The first-order valence-corrected chi connectivity index (χ1v) is 6.04. The van der Waals surface area contributed by atoms with Crippen LogP contribution in [0.1, 0.15) is 23.6 Å². The smallest absolute Gasteiger partial charge is 0.315 e. The number of esters is 1. The predicted molar refractivity (Wildman–Crippen MR) is 60.1 cm³/mol. The highest BCUT2D eigenvalue weighted by Crippen LogP contribution is 2.24. The zero-order chi connectivity index (χ0) is 10.7. The predicted octanol–water partition coefficient (Wildman–Crippen LogP) is 1.76. The molecule has 1 aliphatic rings. The fourth-order valence-electron chi connectivity index (χ4n) is 1.50. The number of hydrogen-bond donors (Lipinski definition) is 1. The Morgan fingerprint density at radius 2 is 2.53 bits per heavy atom. The lowest BCUT2D eigenvalue weighted by Crippen LogP contribution is -2.28. The molecule has 1 unspecified atom stereocenters. The van der Waals surface area contributed by atoms with Crippen LogP contribution in [0.3, 0.4) is 0 Å². The van der Waals surface area contributed by atoms with E-state index in [1.54, 1.807) is 11.3 Å². The van der Waals surface area contributed by atoms with Crippen molar-refractivity contribution in [3.8, 4) is 0 Å². The van der Waals surface area contributed by atoms with Gasteiger partial charge in [-0.15, -0.1) is 11.3 Å². The molecule has 0 bridgehead atoms. The quantitative estimate of drug-likeness (QED) is 0.776. The molecule has 1 fully saturated rings. The number of methoxy groups -OCH3 is 1. The van der Waals surface area contributed by atoms with E-state index in [0.717, 1.165) is 4.88 Å². The molecule has 3 nitrogen and oxygen atoms in total. The normalized spacial score (nSPS) is 17.4. The number of ether oxygens (including phenoxy) is 1. The highest BCUT2D eigenvalue weighted by molar-refractivity contribution is 7.10. The third kappa shape index (κ3) is 2.79. The van der Waals surface area contributed by atoms with Crippen molar-refractivity contribution in [3.05, 3.63) is 22.4 Å². The van der Waals surface area contributed by atoms with Gasteiger partial charge in [-0.2, -0.15) is 0 Å². The van der Waals surface area contributed by atoms with Gasteiger partial charge in [-0.25, -0.2) is 0 Å². The van der Waals surface area contributed by atoms with Gasteiger partial charge in [-0.1, -0.05) is 6.07 Å². The number of nitrogens with one attached hydrogen (secondary N) is 1. The van der Waals surface area contributed by atoms with Gasteiger partial charge in [-0.3, -0.25) is 4.79 Å². The van der Waals surface area contributed by atoms with Gasteiger partial charge in [-0.05, 0) is 24.3 Å². The second-order valence-corrected chi connectivity index (χ2v) is 4.75. The summed E-state index contributed by atoms with van der Waals surface area (Å²) in [5.41, 5.74) is 0. The minimum absolute atomic E-state index is 0.143. The molecule has 1 atom stereocenters. The van der Waals surface area contributed by atoms with Crippen LogP contribution < -0.4 is 5.32 Å². The van der Waals surface area contributed by atoms with E-state index in [1.807, 2.05) is 17.5 Å². The average Bonchev–Trinajstić information content (AvgIpc) is 2.92. The number of carbonyl (C=O) groups excluding carboxylic acids is 1. The molecule has 0 radical (unpaired) electrons. The Kier molecular flexibility index (Phi) is 3.38. The summed E-state index contributed by atoms with van der Waals surface area (Å²) in [6, 6.07) is 4.57. The van der Waals surface area contributed by atoms with Crippen molar-refractivity contribution in [3.63, 3.8) is 0 Å². The molecular weight excluding hydrogens is 210 g/mol. The summed E-state index contributed by atoms with van der Waals surface area (Å²) >= 11 is 1.61. The zero-order valence-corrected chi connectivity index (χ0v) is 9.55. The SMILES string of the molecule is COC(=O)C(CNC1CC1)c1cccs1. The van der Waals surface area contributed by atoms with Crippen LogP contribution >= 0.6 is 11.3 Å². The molecule has 4 heteroatoms. The van der Waals surface area contributed by atoms with Crippen molar-refractivity contribution in [1.82, 2.24) is 5.32 Å². The lowest BCUT2D eigenvalue weighted by molar-refractivity contribution is -0.142. The molecule has 1 saturated carbocycles. The van der Waals surface area contributed by atoms with Crippen LogP contribution in [0.4, 0.5) is 0 Å². The molecule has 0 aromatic carbocycles. The molecular formula is C11H15NO2S. The van der Waals surface area contributed by atoms with E-state index in [9.17, 15) is 4.79 Å². The first-order valence-electron chi connectivity index (χ1n) is 5.16. The maximum Gasteiger partial charge on any atom is 0.315 e. The number of carbonyl (C=O) groups is 1. The highest BCUT2D eigenvalue weighted by Gasteiger charge is 2.26. The Morgan fingerprint density at radius 3 is 3.07 bits per heavy atom. The fraction of sp³-hybridized carbons (Fsp3) is 0.545. The molecule has 1 heterocycles. The first kappa shape index (κ1) is 10.6. The highest BCUT2D eigenvalue weighted by atomic mass is 32.1.